The zero-order valence-corrected chi connectivity index (χ0v) is 17.1. The molecule has 0 bridgehead atoms. The molecule has 0 amide bonds. The number of rotatable bonds is 5. The molecule has 2 heterocycles. The lowest BCUT2D eigenvalue weighted by molar-refractivity contribution is 0.175. The minimum Gasteiger partial charge on any atom is -0.444 e. The number of hydrogen-bond donors (Lipinski definition) is 0. The predicted molar refractivity (Wildman–Crippen MR) is 112 cm³/mol. The molecule has 28 heavy (non-hydrogen) atoms. The minimum absolute atomic E-state index is 0. The largest absolute Gasteiger partial charge is 0.444 e. The first-order valence-corrected chi connectivity index (χ1v) is 9.71. The van der Waals surface area contributed by atoms with Crippen LogP contribution in [0.3, 0.4) is 0 Å². The van der Waals surface area contributed by atoms with Crippen LogP contribution in [0.2, 0.25) is 5.02 Å². The van der Waals surface area contributed by atoms with Crippen molar-refractivity contribution >= 4 is 24.0 Å². The van der Waals surface area contributed by atoms with Gasteiger partial charge in [-0.25, -0.2) is 9.37 Å². The molecular formula is C22H23Cl2FN2O. The molecular weight excluding hydrogens is 398 g/mol. The van der Waals surface area contributed by atoms with Crippen LogP contribution in [0.1, 0.15) is 24.1 Å². The average Bonchev–Trinajstić information content (AvgIpc) is 3.14. The molecule has 4 rings (SSSR count). The minimum atomic E-state index is -0.169. The van der Waals surface area contributed by atoms with Crippen LogP contribution in [0.25, 0.3) is 11.5 Å². The van der Waals surface area contributed by atoms with Crippen molar-refractivity contribution in [1.29, 1.82) is 0 Å². The lowest BCUT2D eigenvalue weighted by atomic mass is 9.90. The summed E-state index contributed by atoms with van der Waals surface area (Å²) in [5.74, 6) is 1.06. The van der Waals surface area contributed by atoms with Crippen LogP contribution in [0, 0.1) is 11.7 Å². The van der Waals surface area contributed by atoms with Crippen LogP contribution in [-0.2, 0) is 13.0 Å². The summed E-state index contributed by atoms with van der Waals surface area (Å²) < 4.78 is 18.7. The van der Waals surface area contributed by atoms with E-state index in [0.29, 0.717) is 16.8 Å². The van der Waals surface area contributed by atoms with Crippen LogP contribution >= 0.6 is 24.0 Å². The normalized spacial score (nSPS) is 15.4. The highest BCUT2D eigenvalue weighted by molar-refractivity contribution is 6.33. The fourth-order valence-corrected chi connectivity index (χ4v) is 3.89. The third kappa shape index (κ3) is 5.13. The lowest BCUT2D eigenvalue weighted by Gasteiger charge is -2.31. The van der Waals surface area contributed by atoms with E-state index in [-0.39, 0.29) is 18.2 Å². The summed E-state index contributed by atoms with van der Waals surface area (Å²) in [6.45, 7) is 2.87. The molecule has 0 spiro atoms. The Kier molecular flexibility index (Phi) is 7.11. The number of nitrogens with zero attached hydrogens (tertiary/aromatic N) is 2. The number of piperidine rings is 1. The van der Waals surface area contributed by atoms with Crippen molar-refractivity contribution in [2.75, 3.05) is 13.1 Å². The van der Waals surface area contributed by atoms with E-state index < -0.39 is 0 Å². The Bertz CT molecular complexity index is 890. The standard InChI is InChI=1S/C22H22ClFN2O.ClH/c23-21-4-2-1-3-20(21)22-25-19(15-27-22)14-26-11-9-17(10-12-26)13-16-5-7-18(24)8-6-16;/h1-8,15,17H,9-14H2;1H. The Hall–Kier alpha value is -1.88. The highest BCUT2D eigenvalue weighted by Gasteiger charge is 2.21. The van der Waals surface area contributed by atoms with Gasteiger partial charge in [0, 0.05) is 6.54 Å². The van der Waals surface area contributed by atoms with Crippen molar-refractivity contribution in [1.82, 2.24) is 9.88 Å². The first-order valence-electron chi connectivity index (χ1n) is 9.33. The fraction of sp³-hybridized carbons (Fsp3) is 0.318. The maximum absolute atomic E-state index is 13.0. The number of aromatic nitrogens is 1. The molecule has 1 aromatic heterocycles. The van der Waals surface area contributed by atoms with E-state index in [9.17, 15) is 4.39 Å². The van der Waals surface area contributed by atoms with E-state index >= 15 is 0 Å². The zero-order valence-electron chi connectivity index (χ0n) is 15.5. The summed E-state index contributed by atoms with van der Waals surface area (Å²) in [6.07, 6.45) is 5.04. The summed E-state index contributed by atoms with van der Waals surface area (Å²) in [7, 11) is 0. The van der Waals surface area contributed by atoms with Gasteiger partial charge in [0.05, 0.1) is 16.3 Å². The van der Waals surface area contributed by atoms with Gasteiger partial charge in [0.1, 0.15) is 12.1 Å². The van der Waals surface area contributed by atoms with E-state index in [1.807, 2.05) is 36.4 Å². The van der Waals surface area contributed by atoms with E-state index in [1.54, 1.807) is 18.4 Å². The summed E-state index contributed by atoms with van der Waals surface area (Å²) >= 11 is 6.22. The summed E-state index contributed by atoms with van der Waals surface area (Å²) in [5.41, 5.74) is 2.97. The van der Waals surface area contributed by atoms with Crippen LogP contribution in [0.4, 0.5) is 4.39 Å². The maximum atomic E-state index is 13.0. The van der Waals surface area contributed by atoms with E-state index in [1.165, 1.54) is 5.56 Å². The Balaban J connectivity index is 0.00000225. The number of hydrogen-bond acceptors (Lipinski definition) is 3. The van der Waals surface area contributed by atoms with E-state index in [2.05, 4.69) is 9.88 Å². The van der Waals surface area contributed by atoms with Gasteiger partial charge in [-0.05, 0) is 68.1 Å². The molecule has 0 saturated carbocycles. The molecule has 3 aromatic rings. The van der Waals surface area contributed by atoms with Crippen molar-refractivity contribution < 1.29 is 8.81 Å². The summed E-state index contributed by atoms with van der Waals surface area (Å²) in [4.78, 5) is 7.01. The Morgan fingerprint density at radius 1 is 1.07 bits per heavy atom. The van der Waals surface area contributed by atoms with Gasteiger partial charge in [-0.15, -0.1) is 12.4 Å². The second-order valence-electron chi connectivity index (χ2n) is 7.17. The number of benzene rings is 2. The fourth-order valence-electron chi connectivity index (χ4n) is 3.67. The van der Waals surface area contributed by atoms with Gasteiger partial charge < -0.3 is 4.42 Å². The van der Waals surface area contributed by atoms with Crippen molar-refractivity contribution in [3.63, 3.8) is 0 Å². The van der Waals surface area contributed by atoms with Gasteiger partial charge in [0.25, 0.3) is 0 Å². The SMILES string of the molecule is Cl.Fc1ccc(CC2CCN(Cc3coc(-c4ccccc4Cl)n3)CC2)cc1. The van der Waals surface area contributed by atoms with Gasteiger partial charge in [-0.3, -0.25) is 4.90 Å². The lowest BCUT2D eigenvalue weighted by Crippen LogP contribution is -2.33. The summed E-state index contributed by atoms with van der Waals surface area (Å²) in [5, 5.41) is 0.646. The van der Waals surface area contributed by atoms with E-state index in [0.717, 1.165) is 50.2 Å². The molecule has 0 N–H and O–H groups in total. The Morgan fingerprint density at radius 3 is 2.50 bits per heavy atom. The molecule has 1 aliphatic rings. The first-order chi connectivity index (χ1) is 13.2. The summed E-state index contributed by atoms with van der Waals surface area (Å²) in [6, 6.07) is 14.5. The molecule has 1 saturated heterocycles. The van der Waals surface area contributed by atoms with Crippen molar-refractivity contribution in [2.45, 2.75) is 25.8 Å². The van der Waals surface area contributed by atoms with Gasteiger partial charge in [0.15, 0.2) is 0 Å². The molecule has 1 fully saturated rings. The smallest absolute Gasteiger partial charge is 0.227 e. The zero-order chi connectivity index (χ0) is 18.6. The van der Waals surface area contributed by atoms with Gasteiger partial charge in [-0.2, -0.15) is 0 Å². The monoisotopic (exact) mass is 420 g/mol. The van der Waals surface area contributed by atoms with Gasteiger partial charge in [0.2, 0.25) is 5.89 Å². The molecule has 148 valence electrons. The van der Waals surface area contributed by atoms with Crippen LogP contribution in [0.15, 0.2) is 59.2 Å². The van der Waals surface area contributed by atoms with Crippen LogP contribution in [-0.4, -0.2) is 23.0 Å². The number of halogens is 3. The average molecular weight is 421 g/mol. The molecule has 0 radical (unpaired) electrons. The highest BCUT2D eigenvalue weighted by Crippen LogP contribution is 2.28. The molecule has 2 aromatic carbocycles. The predicted octanol–water partition coefficient (Wildman–Crippen LogP) is 6.01. The topological polar surface area (TPSA) is 29.3 Å². The number of oxazole rings is 1. The molecule has 0 unspecified atom stereocenters. The molecule has 0 atom stereocenters. The van der Waals surface area contributed by atoms with Crippen molar-refractivity contribution in [2.24, 2.45) is 5.92 Å². The molecule has 6 heteroatoms. The second-order valence-corrected chi connectivity index (χ2v) is 7.58. The van der Waals surface area contributed by atoms with Crippen molar-refractivity contribution in [3.05, 3.63) is 76.9 Å². The first kappa shape index (κ1) is 20.8. The van der Waals surface area contributed by atoms with Gasteiger partial charge in [-0.1, -0.05) is 35.9 Å². The third-order valence-electron chi connectivity index (χ3n) is 5.19. The van der Waals surface area contributed by atoms with Gasteiger partial charge >= 0.3 is 0 Å². The van der Waals surface area contributed by atoms with Crippen LogP contribution in [0.5, 0.6) is 0 Å². The Labute approximate surface area is 175 Å². The second kappa shape index (κ2) is 9.55. The number of likely N-dealkylation sites (tertiary alicyclic amines) is 1. The quantitative estimate of drug-likeness (QED) is 0.505. The molecule has 0 aliphatic carbocycles. The molecule has 1 aliphatic heterocycles. The van der Waals surface area contributed by atoms with E-state index in [4.69, 9.17) is 16.0 Å². The third-order valence-corrected chi connectivity index (χ3v) is 5.52. The highest BCUT2D eigenvalue weighted by atomic mass is 35.5. The maximum Gasteiger partial charge on any atom is 0.227 e. The Morgan fingerprint density at radius 2 is 1.79 bits per heavy atom. The molecule has 3 nitrogen and oxygen atoms in total. The van der Waals surface area contributed by atoms with Crippen molar-refractivity contribution in [3.8, 4) is 11.5 Å². The van der Waals surface area contributed by atoms with Crippen LogP contribution < -0.4 is 0 Å².